The van der Waals surface area contributed by atoms with Crippen LogP contribution >= 0.6 is 0 Å². The van der Waals surface area contributed by atoms with Gasteiger partial charge in [0.15, 0.2) is 0 Å². The molecule has 1 amide bonds. The number of ether oxygens (including phenoxy) is 1. The Morgan fingerprint density at radius 3 is 2.21 bits per heavy atom. The van der Waals surface area contributed by atoms with Crippen LogP contribution in [-0.2, 0) is 9.53 Å². The molecule has 146 valence electrons. The Morgan fingerprint density at radius 1 is 1.03 bits per heavy atom. The molecule has 6 nitrogen and oxygen atoms in total. The minimum absolute atomic E-state index is 0.00920. The van der Waals surface area contributed by atoms with Crippen molar-refractivity contribution in [2.24, 2.45) is 0 Å². The molecule has 0 saturated heterocycles. The molecule has 0 radical (unpaired) electrons. The van der Waals surface area contributed by atoms with Crippen LogP contribution in [0.25, 0.3) is 11.1 Å². The fourth-order valence-electron chi connectivity index (χ4n) is 3.61. The molecule has 0 bridgehead atoms. The van der Waals surface area contributed by atoms with E-state index in [2.05, 4.69) is 34.6 Å². The molecule has 1 aromatic heterocycles. The molecule has 1 heterocycles. The molecular formula is C23H20N2O4. The van der Waals surface area contributed by atoms with E-state index in [1.165, 1.54) is 17.3 Å². The summed E-state index contributed by atoms with van der Waals surface area (Å²) in [6.07, 6.45) is 0.851. The number of anilines is 1. The van der Waals surface area contributed by atoms with Gasteiger partial charge < -0.3 is 9.84 Å². The summed E-state index contributed by atoms with van der Waals surface area (Å²) >= 11 is 0. The summed E-state index contributed by atoms with van der Waals surface area (Å²) in [6, 6.07) is 19.5. The Morgan fingerprint density at radius 2 is 1.66 bits per heavy atom. The summed E-state index contributed by atoms with van der Waals surface area (Å²) in [5.41, 5.74) is 5.51. The summed E-state index contributed by atoms with van der Waals surface area (Å²) in [5.74, 6) is -1.67. The van der Waals surface area contributed by atoms with Gasteiger partial charge in [-0.25, -0.2) is 4.79 Å². The lowest BCUT2D eigenvalue weighted by molar-refractivity contribution is -0.138. The van der Waals surface area contributed by atoms with Crippen LogP contribution < -0.4 is 5.32 Å². The summed E-state index contributed by atoms with van der Waals surface area (Å²) < 4.78 is 5.49. The number of carbonyl (C=O) groups excluding carboxylic acids is 1. The zero-order chi connectivity index (χ0) is 20.4. The first kappa shape index (κ1) is 18.7. The molecule has 2 N–H and O–H groups in total. The summed E-state index contributed by atoms with van der Waals surface area (Å²) in [7, 11) is 0. The number of fused-ring (bicyclic) bond motifs is 3. The number of benzene rings is 2. The first-order chi connectivity index (χ1) is 14.0. The van der Waals surface area contributed by atoms with Crippen molar-refractivity contribution in [1.29, 1.82) is 0 Å². The largest absolute Gasteiger partial charge is 0.481 e. The minimum atomic E-state index is -0.949. The highest BCUT2D eigenvalue weighted by atomic mass is 16.5. The number of nitrogens with one attached hydrogen (secondary N) is 1. The molecule has 0 spiro atoms. The van der Waals surface area contributed by atoms with E-state index in [1.54, 1.807) is 19.1 Å². The van der Waals surface area contributed by atoms with Gasteiger partial charge in [0.05, 0.1) is 23.5 Å². The highest BCUT2D eigenvalue weighted by molar-refractivity contribution is 5.85. The maximum atomic E-state index is 12.3. The van der Waals surface area contributed by atoms with Gasteiger partial charge in [-0.15, -0.1) is 0 Å². The van der Waals surface area contributed by atoms with Gasteiger partial charge in [-0.3, -0.25) is 15.1 Å². The third-order valence-electron chi connectivity index (χ3n) is 5.19. The predicted molar refractivity (Wildman–Crippen MR) is 109 cm³/mol. The lowest BCUT2D eigenvalue weighted by Gasteiger charge is -2.14. The molecule has 0 saturated carbocycles. The molecule has 1 atom stereocenters. The minimum Gasteiger partial charge on any atom is -0.481 e. The molecule has 29 heavy (non-hydrogen) atoms. The van der Waals surface area contributed by atoms with Crippen molar-refractivity contribution in [2.45, 2.75) is 18.8 Å². The maximum Gasteiger partial charge on any atom is 0.411 e. The Kier molecular flexibility index (Phi) is 4.99. The maximum absolute atomic E-state index is 12.3. The van der Waals surface area contributed by atoms with E-state index in [1.807, 2.05) is 24.3 Å². The first-order valence-electron chi connectivity index (χ1n) is 9.35. The van der Waals surface area contributed by atoms with Gasteiger partial charge in [0.25, 0.3) is 0 Å². The number of carboxylic acids is 1. The second-order valence-corrected chi connectivity index (χ2v) is 6.98. The number of rotatable bonds is 5. The van der Waals surface area contributed by atoms with Crippen LogP contribution in [0.3, 0.4) is 0 Å². The van der Waals surface area contributed by atoms with E-state index >= 15 is 0 Å². The second kappa shape index (κ2) is 7.75. The molecule has 2 aromatic carbocycles. The van der Waals surface area contributed by atoms with E-state index in [4.69, 9.17) is 9.84 Å². The van der Waals surface area contributed by atoms with Gasteiger partial charge in [0, 0.05) is 5.92 Å². The van der Waals surface area contributed by atoms with Crippen LogP contribution in [0.5, 0.6) is 0 Å². The zero-order valence-corrected chi connectivity index (χ0v) is 15.8. The quantitative estimate of drug-likeness (QED) is 0.665. The zero-order valence-electron chi connectivity index (χ0n) is 15.8. The first-order valence-corrected chi connectivity index (χ1v) is 9.35. The average molecular weight is 388 g/mol. The lowest BCUT2D eigenvalue weighted by atomic mass is 9.98. The monoisotopic (exact) mass is 388 g/mol. The Balaban J connectivity index is 1.42. The Labute approximate surface area is 168 Å². The van der Waals surface area contributed by atoms with Crippen LogP contribution in [0.1, 0.15) is 35.6 Å². The molecule has 6 heteroatoms. The number of carboxylic acid groups (broad SMARTS) is 1. The second-order valence-electron chi connectivity index (χ2n) is 6.98. The van der Waals surface area contributed by atoms with Gasteiger partial charge >= 0.3 is 12.1 Å². The number of hydrogen-bond donors (Lipinski definition) is 2. The molecule has 0 fully saturated rings. The number of hydrogen-bond acceptors (Lipinski definition) is 4. The standard InChI is InChI=1S/C23H20N2O4/c1-14(22(26)27)21-11-10-15(12-24-21)25-23(28)29-13-20-18-8-4-2-6-16(18)17-7-3-5-9-19(17)20/h2-12,14,20H,13H2,1H3,(H,25,28)(H,26,27). The van der Waals surface area contributed by atoms with E-state index in [0.29, 0.717) is 11.4 Å². The summed E-state index contributed by atoms with van der Waals surface area (Å²) in [5, 5.41) is 11.7. The normalized spacial score (nSPS) is 13.3. The predicted octanol–water partition coefficient (Wildman–Crippen LogP) is 4.63. The molecule has 1 aliphatic rings. The molecule has 1 aliphatic carbocycles. The van der Waals surface area contributed by atoms with Crippen molar-refractivity contribution in [2.75, 3.05) is 11.9 Å². The number of aliphatic carboxylic acids is 1. The fourth-order valence-corrected chi connectivity index (χ4v) is 3.61. The SMILES string of the molecule is CC(C(=O)O)c1ccc(NC(=O)OCC2c3ccccc3-c3ccccc32)cn1. The number of amides is 1. The van der Waals surface area contributed by atoms with Crippen LogP contribution in [0.4, 0.5) is 10.5 Å². The van der Waals surface area contributed by atoms with Crippen molar-refractivity contribution >= 4 is 17.7 Å². The molecule has 1 unspecified atom stereocenters. The number of pyridine rings is 1. The van der Waals surface area contributed by atoms with Gasteiger partial charge in [-0.05, 0) is 41.3 Å². The smallest absolute Gasteiger partial charge is 0.411 e. The van der Waals surface area contributed by atoms with Crippen molar-refractivity contribution in [3.05, 3.63) is 83.7 Å². The average Bonchev–Trinajstić information content (AvgIpc) is 3.06. The summed E-state index contributed by atoms with van der Waals surface area (Å²) in [6.45, 7) is 1.78. The van der Waals surface area contributed by atoms with E-state index in [0.717, 1.165) is 11.1 Å². The molecule has 3 aromatic rings. The van der Waals surface area contributed by atoms with Gasteiger partial charge in [0.1, 0.15) is 6.61 Å². The highest BCUT2D eigenvalue weighted by Crippen LogP contribution is 2.44. The van der Waals surface area contributed by atoms with Crippen LogP contribution in [0.2, 0.25) is 0 Å². The molecular weight excluding hydrogens is 368 g/mol. The Hall–Kier alpha value is -3.67. The fraction of sp³-hybridized carbons (Fsp3) is 0.174. The third kappa shape index (κ3) is 3.69. The summed E-state index contributed by atoms with van der Waals surface area (Å²) in [4.78, 5) is 27.4. The molecule has 4 rings (SSSR count). The van der Waals surface area contributed by atoms with Crippen molar-refractivity contribution in [1.82, 2.24) is 4.98 Å². The Bertz CT molecular complexity index is 1020. The molecule has 0 aliphatic heterocycles. The number of nitrogens with zero attached hydrogens (tertiary/aromatic N) is 1. The van der Waals surface area contributed by atoms with E-state index in [-0.39, 0.29) is 12.5 Å². The number of carbonyl (C=O) groups is 2. The lowest BCUT2D eigenvalue weighted by Crippen LogP contribution is -2.18. The van der Waals surface area contributed by atoms with Crippen LogP contribution in [0, 0.1) is 0 Å². The number of aromatic nitrogens is 1. The van der Waals surface area contributed by atoms with E-state index in [9.17, 15) is 9.59 Å². The van der Waals surface area contributed by atoms with Crippen LogP contribution in [-0.4, -0.2) is 28.8 Å². The topological polar surface area (TPSA) is 88.5 Å². The van der Waals surface area contributed by atoms with Crippen LogP contribution in [0.15, 0.2) is 66.9 Å². The highest BCUT2D eigenvalue weighted by Gasteiger charge is 2.29. The van der Waals surface area contributed by atoms with Crippen molar-refractivity contribution < 1.29 is 19.4 Å². The van der Waals surface area contributed by atoms with Crippen molar-refractivity contribution in [3.63, 3.8) is 0 Å². The van der Waals surface area contributed by atoms with Crippen molar-refractivity contribution in [3.8, 4) is 11.1 Å². The van der Waals surface area contributed by atoms with Gasteiger partial charge in [-0.2, -0.15) is 0 Å². The van der Waals surface area contributed by atoms with Gasteiger partial charge in [0.2, 0.25) is 0 Å². The van der Waals surface area contributed by atoms with Gasteiger partial charge in [-0.1, -0.05) is 48.5 Å². The third-order valence-corrected chi connectivity index (χ3v) is 5.19. The van der Waals surface area contributed by atoms with E-state index < -0.39 is 18.0 Å².